The summed E-state index contributed by atoms with van der Waals surface area (Å²) < 4.78 is 15.7. The maximum Gasteiger partial charge on any atom is 0.256 e. The third-order valence-electron chi connectivity index (χ3n) is 3.84. The summed E-state index contributed by atoms with van der Waals surface area (Å²) in [5.41, 5.74) is 2.56. The average molecular weight is 437 g/mol. The molecule has 0 aliphatic rings. The monoisotopic (exact) mass is 435 g/mol. The van der Waals surface area contributed by atoms with Crippen molar-refractivity contribution >= 4 is 33.4 Å². The van der Waals surface area contributed by atoms with Crippen LogP contribution in [0, 0.1) is 12.7 Å². The van der Waals surface area contributed by atoms with Crippen molar-refractivity contribution in [1.29, 1.82) is 0 Å². The third-order valence-corrected chi connectivity index (χ3v) is 4.68. The first-order chi connectivity index (χ1) is 12.4. The molecule has 7 heteroatoms. The molecule has 3 aromatic rings. The van der Waals surface area contributed by atoms with Gasteiger partial charge in [0.25, 0.3) is 5.91 Å². The molecule has 0 unspecified atom stereocenters. The molecule has 0 saturated carbocycles. The number of carbonyl (C=O) groups excluding carboxylic acids is 1. The first-order valence-electron chi connectivity index (χ1n) is 7.94. The van der Waals surface area contributed by atoms with Crippen molar-refractivity contribution in [3.63, 3.8) is 0 Å². The van der Waals surface area contributed by atoms with Gasteiger partial charge in [-0.25, -0.2) is 9.07 Å². The molecule has 0 aliphatic carbocycles. The SMILES string of the molecule is Cc1nn(Cc2ccccc2)c(Cl)c1C(=O)NCc1cc(F)cc(Br)c1. The summed E-state index contributed by atoms with van der Waals surface area (Å²) in [6.45, 7) is 2.40. The van der Waals surface area contributed by atoms with Crippen LogP contribution < -0.4 is 5.32 Å². The highest BCUT2D eigenvalue weighted by atomic mass is 79.9. The maximum atomic E-state index is 13.4. The van der Waals surface area contributed by atoms with Crippen molar-refractivity contribution in [2.75, 3.05) is 0 Å². The normalized spacial score (nSPS) is 10.8. The number of hydrogen-bond acceptors (Lipinski definition) is 2. The number of carbonyl (C=O) groups is 1. The van der Waals surface area contributed by atoms with Gasteiger partial charge in [0, 0.05) is 11.0 Å². The Hall–Kier alpha value is -2.18. The van der Waals surface area contributed by atoms with Gasteiger partial charge in [-0.05, 0) is 36.2 Å². The zero-order valence-electron chi connectivity index (χ0n) is 14.0. The Bertz CT molecular complexity index is 923. The fourth-order valence-electron chi connectivity index (χ4n) is 2.66. The lowest BCUT2D eigenvalue weighted by atomic mass is 10.2. The lowest BCUT2D eigenvalue weighted by Gasteiger charge is -2.07. The maximum absolute atomic E-state index is 13.4. The minimum atomic E-state index is -0.367. The topological polar surface area (TPSA) is 46.9 Å². The average Bonchev–Trinajstić information content (AvgIpc) is 2.86. The second-order valence-electron chi connectivity index (χ2n) is 5.85. The molecule has 1 amide bonds. The number of rotatable bonds is 5. The first kappa shape index (κ1) is 18.6. The van der Waals surface area contributed by atoms with E-state index in [9.17, 15) is 9.18 Å². The Labute approximate surface area is 164 Å². The minimum absolute atomic E-state index is 0.189. The van der Waals surface area contributed by atoms with E-state index in [2.05, 4.69) is 26.3 Å². The van der Waals surface area contributed by atoms with Crippen LogP contribution in [0.15, 0.2) is 53.0 Å². The summed E-state index contributed by atoms with van der Waals surface area (Å²) in [6, 6.07) is 14.2. The molecule has 2 aromatic carbocycles. The Morgan fingerprint density at radius 2 is 1.96 bits per heavy atom. The Kier molecular flexibility index (Phi) is 5.74. The molecule has 4 nitrogen and oxygen atoms in total. The first-order valence-corrected chi connectivity index (χ1v) is 9.11. The van der Waals surface area contributed by atoms with Crippen molar-refractivity contribution in [3.8, 4) is 0 Å². The third kappa shape index (κ3) is 4.31. The summed E-state index contributed by atoms with van der Waals surface area (Å²) in [5.74, 6) is -0.708. The molecule has 0 bridgehead atoms. The molecule has 1 heterocycles. The highest BCUT2D eigenvalue weighted by Crippen LogP contribution is 2.21. The molecule has 1 N–H and O–H groups in total. The lowest BCUT2D eigenvalue weighted by molar-refractivity contribution is 0.0950. The van der Waals surface area contributed by atoms with E-state index in [0.717, 1.165) is 5.56 Å². The van der Waals surface area contributed by atoms with Gasteiger partial charge >= 0.3 is 0 Å². The number of aryl methyl sites for hydroxylation is 1. The van der Waals surface area contributed by atoms with E-state index in [1.165, 1.54) is 12.1 Å². The fourth-order valence-corrected chi connectivity index (χ4v) is 3.49. The Balaban J connectivity index is 1.75. The Morgan fingerprint density at radius 1 is 1.23 bits per heavy atom. The Morgan fingerprint density at radius 3 is 2.65 bits per heavy atom. The van der Waals surface area contributed by atoms with Gasteiger partial charge in [0.05, 0.1) is 17.8 Å². The second-order valence-corrected chi connectivity index (χ2v) is 7.13. The molecule has 0 aliphatic heterocycles. The number of benzene rings is 2. The summed E-state index contributed by atoms with van der Waals surface area (Å²) in [5, 5.41) is 7.41. The van der Waals surface area contributed by atoms with Crippen molar-refractivity contribution in [1.82, 2.24) is 15.1 Å². The van der Waals surface area contributed by atoms with E-state index >= 15 is 0 Å². The minimum Gasteiger partial charge on any atom is -0.348 e. The number of nitrogens with zero attached hydrogens (tertiary/aromatic N) is 2. The molecule has 1 aromatic heterocycles. The van der Waals surface area contributed by atoms with Crippen LogP contribution in [0.5, 0.6) is 0 Å². The van der Waals surface area contributed by atoms with Gasteiger partial charge < -0.3 is 5.32 Å². The molecule has 26 heavy (non-hydrogen) atoms. The van der Waals surface area contributed by atoms with Crippen LogP contribution in [-0.2, 0) is 13.1 Å². The smallest absolute Gasteiger partial charge is 0.256 e. The molecular weight excluding hydrogens is 421 g/mol. The van der Waals surface area contributed by atoms with Crippen molar-refractivity contribution < 1.29 is 9.18 Å². The summed E-state index contributed by atoms with van der Waals surface area (Å²) in [6.07, 6.45) is 0. The number of aromatic nitrogens is 2. The van der Waals surface area contributed by atoms with Crippen molar-refractivity contribution in [2.24, 2.45) is 0 Å². The van der Waals surface area contributed by atoms with Crippen LogP contribution in [-0.4, -0.2) is 15.7 Å². The largest absolute Gasteiger partial charge is 0.348 e. The number of halogens is 3. The van der Waals surface area contributed by atoms with E-state index < -0.39 is 0 Å². The molecular formula is C19H16BrClFN3O. The molecule has 0 spiro atoms. The van der Waals surface area contributed by atoms with Crippen molar-refractivity contribution in [2.45, 2.75) is 20.0 Å². The zero-order chi connectivity index (χ0) is 18.7. The number of amides is 1. The molecule has 0 fully saturated rings. The van der Waals surface area contributed by atoms with E-state index in [4.69, 9.17) is 11.6 Å². The van der Waals surface area contributed by atoms with E-state index in [1.54, 1.807) is 17.7 Å². The van der Waals surface area contributed by atoms with Crippen molar-refractivity contribution in [3.05, 3.63) is 86.4 Å². The predicted octanol–water partition coefficient (Wildman–Crippen LogP) is 4.72. The van der Waals surface area contributed by atoms with Gasteiger partial charge in [-0.3, -0.25) is 4.79 Å². The van der Waals surface area contributed by atoms with Crippen LogP contribution in [0.2, 0.25) is 5.15 Å². The number of hydrogen-bond donors (Lipinski definition) is 1. The zero-order valence-corrected chi connectivity index (χ0v) is 16.3. The molecule has 134 valence electrons. The van der Waals surface area contributed by atoms with Gasteiger partial charge in [0.1, 0.15) is 11.0 Å². The van der Waals surface area contributed by atoms with Gasteiger partial charge in [-0.15, -0.1) is 0 Å². The molecule has 3 rings (SSSR count). The van der Waals surface area contributed by atoms with Gasteiger partial charge in [-0.2, -0.15) is 5.10 Å². The summed E-state index contributed by atoms with van der Waals surface area (Å²) >= 11 is 9.61. The van der Waals surface area contributed by atoms with Crippen LogP contribution in [0.25, 0.3) is 0 Å². The van der Waals surface area contributed by atoms with E-state index in [-0.39, 0.29) is 23.4 Å². The highest BCUT2D eigenvalue weighted by molar-refractivity contribution is 9.10. The second kappa shape index (κ2) is 8.01. The highest BCUT2D eigenvalue weighted by Gasteiger charge is 2.20. The quantitative estimate of drug-likeness (QED) is 0.629. The van der Waals surface area contributed by atoms with Gasteiger partial charge in [0.15, 0.2) is 0 Å². The van der Waals surface area contributed by atoms with E-state index in [0.29, 0.717) is 27.8 Å². The van der Waals surface area contributed by atoms with Crippen LogP contribution in [0.4, 0.5) is 4.39 Å². The molecule has 0 radical (unpaired) electrons. The van der Waals surface area contributed by atoms with E-state index in [1.807, 2.05) is 30.3 Å². The van der Waals surface area contributed by atoms with Crippen LogP contribution >= 0.6 is 27.5 Å². The lowest BCUT2D eigenvalue weighted by Crippen LogP contribution is -2.23. The number of nitrogens with one attached hydrogen (secondary N) is 1. The predicted molar refractivity (Wildman–Crippen MR) is 103 cm³/mol. The fraction of sp³-hybridized carbons (Fsp3) is 0.158. The van der Waals surface area contributed by atoms with Crippen LogP contribution in [0.3, 0.4) is 0 Å². The summed E-state index contributed by atoms with van der Waals surface area (Å²) in [4.78, 5) is 12.5. The van der Waals surface area contributed by atoms with Gasteiger partial charge in [-0.1, -0.05) is 57.9 Å². The summed E-state index contributed by atoms with van der Waals surface area (Å²) in [7, 11) is 0. The van der Waals surface area contributed by atoms with Crippen LogP contribution in [0.1, 0.15) is 27.2 Å². The molecule has 0 atom stereocenters. The van der Waals surface area contributed by atoms with Gasteiger partial charge in [0.2, 0.25) is 0 Å². The molecule has 0 saturated heterocycles. The standard InChI is InChI=1S/C19H16BrClFN3O/c1-12-17(18(21)25(24-12)11-13-5-3-2-4-6-13)19(26)23-10-14-7-15(20)9-16(22)8-14/h2-9H,10-11H2,1H3,(H,23,26).